The van der Waals surface area contributed by atoms with E-state index in [9.17, 15) is 5.11 Å². The van der Waals surface area contributed by atoms with Crippen molar-refractivity contribution in [1.29, 1.82) is 0 Å². The van der Waals surface area contributed by atoms with Crippen molar-refractivity contribution in [3.8, 4) is 0 Å². The van der Waals surface area contributed by atoms with Crippen LogP contribution < -0.4 is 5.73 Å². The molecule has 1 fully saturated rings. The van der Waals surface area contributed by atoms with Crippen molar-refractivity contribution >= 4 is 0 Å². The van der Waals surface area contributed by atoms with Gasteiger partial charge in [-0.2, -0.15) is 0 Å². The molecule has 1 rings (SSSR count). The Hall–Kier alpha value is -0.120. The first-order chi connectivity index (χ1) is 6.43. The Morgan fingerprint density at radius 3 is 2.36 bits per heavy atom. The molecule has 0 bridgehead atoms. The third kappa shape index (κ3) is 2.94. The number of ether oxygens (including phenoxy) is 1. The third-order valence-electron chi connectivity index (χ3n) is 3.27. The quantitative estimate of drug-likeness (QED) is 0.681. The molecule has 1 atom stereocenters. The zero-order valence-corrected chi connectivity index (χ0v) is 9.55. The Bertz CT molecular complexity index is 190. The topological polar surface area (TPSA) is 55.5 Å². The molecule has 1 saturated carbocycles. The van der Waals surface area contributed by atoms with Crippen molar-refractivity contribution in [2.45, 2.75) is 51.2 Å². The summed E-state index contributed by atoms with van der Waals surface area (Å²) >= 11 is 0. The molecule has 3 heteroatoms. The Labute approximate surface area is 86.6 Å². The first-order valence-electron chi connectivity index (χ1n) is 5.47. The molecule has 0 spiro atoms. The van der Waals surface area contributed by atoms with Gasteiger partial charge in [-0.05, 0) is 39.0 Å². The van der Waals surface area contributed by atoms with E-state index in [0.717, 1.165) is 19.3 Å². The Morgan fingerprint density at radius 2 is 2.00 bits per heavy atom. The molecule has 84 valence electrons. The molecular weight excluding hydrogens is 178 g/mol. The normalized spacial score (nSPS) is 22.1. The van der Waals surface area contributed by atoms with Crippen LogP contribution in [-0.4, -0.2) is 29.5 Å². The van der Waals surface area contributed by atoms with Crippen molar-refractivity contribution in [3.63, 3.8) is 0 Å². The van der Waals surface area contributed by atoms with Gasteiger partial charge in [0.05, 0.1) is 24.4 Å². The lowest BCUT2D eigenvalue weighted by atomic mass is 9.96. The average Bonchev–Trinajstić information content (AvgIpc) is 2.98. The van der Waals surface area contributed by atoms with Crippen LogP contribution in [0.5, 0.6) is 0 Å². The first-order valence-corrected chi connectivity index (χ1v) is 5.47. The summed E-state index contributed by atoms with van der Waals surface area (Å²) in [4.78, 5) is 0. The van der Waals surface area contributed by atoms with Gasteiger partial charge >= 0.3 is 0 Å². The minimum atomic E-state index is -0.507. The molecule has 1 unspecified atom stereocenters. The third-order valence-corrected chi connectivity index (χ3v) is 3.27. The van der Waals surface area contributed by atoms with Gasteiger partial charge in [-0.1, -0.05) is 6.92 Å². The standard InChI is InChI=1S/C11H23NO2/c1-4-10(2,3)14-8-11(12,7-13)9-5-6-9/h9,13H,4-8,12H2,1-3H3. The van der Waals surface area contributed by atoms with E-state index < -0.39 is 5.54 Å². The van der Waals surface area contributed by atoms with Gasteiger partial charge in [0.2, 0.25) is 0 Å². The number of rotatable bonds is 6. The predicted molar refractivity (Wildman–Crippen MR) is 57.1 cm³/mol. The SMILES string of the molecule is CCC(C)(C)OCC(N)(CO)C1CC1. The first kappa shape index (κ1) is 12.0. The molecule has 0 amide bonds. The van der Waals surface area contributed by atoms with Gasteiger partial charge in [0, 0.05) is 0 Å². The Kier molecular flexibility index (Phi) is 3.56. The molecule has 0 aliphatic heterocycles. The van der Waals surface area contributed by atoms with Crippen LogP contribution in [0.25, 0.3) is 0 Å². The smallest absolute Gasteiger partial charge is 0.0678 e. The van der Waals surface area contributed by atoms with E-state index in [1.54, 1.807) is 0 Å². The van der Waals surface area contributed by atoms with Crippen LogP contribution in [0.4, 0.5) is 0 Å². The summed E-state index contributed by atoms with van der Waals surface area (Å²) in [5.41, 5.74) is 5.45. The van der Waals surface area contributed by atoms with Gasteiger partial charge in [-0.3, -0.25) is 0 Å². The minimum absolute atomic E-state index is 0.0253. The highest BCUT2D eigenvalue weighted by Crippen LogP contribution is 2.38. The lowest BCUT2D eigenvalue weighted by Crippen LogP contribution is -2.51. The van der Waals surface area contributed by atoms with E-state index in [0.29, 0.717) is 12.5 Å². The van der Waals surface area contributed by atoms with Crippen molar-refractivity contribution < 1.29 is 9.84 Å². The highest BCUT2D eigenvalue weighted by atomic mass is 16.5. The highest BCUT2D eigenvalue weighted by Gasteiger charge is 2.42. The fourth-order valence-corrected chi connectivity index (χ4v) is 1.38. The van der Waals surface area contributed by atoms with Gasteiger partial charge in [0.1, 0.15) is 0 Å². The van der Waals surface area contributed by atoms with Crippen LogP contribution in [0.3, 0.4) is 0 Å². The van der Waals surface area contributed by atoms with E-state index in [1.165, 1.54) is 0 Å². The second-order valence-corrected chi connectivity index (χ2v) is 5.07. The molecule has 3 N–H and O–H groups in total. The number of nitrogens with two attached hydrogens (primary N) is 1. The zero-order valence-electron chi connectivity index (χ0n) is 9.55. The average molecular weight is 201 g/mol. The lowest BCUT2D eigenvalue weighted by Gasteiger charge is -2.32. The Morgan fingerprint density at radius 1 is 1.43 bits per heavy atom. The number of hydrogen-bond acceptors (Lipinski definition) is 3. The summed E-state index contributed by atoms with van der Waals surface area (Å²) in [6.07, 6.45) is 3.22. The maximum atomic E-state index is 9.26. The maximum absolute atomic E-state index is 9.26. The van der Waals surface area contributed by atoms with Gasteiger partial charge in [0.15, 0.2) is 0 Å². The van der Waals surface area contributed by atoms with Gasteiger partial charge < -0.3 is 15.6 Å². The van der Waals surface area contributed by atoms with Crippen molar-refractivity contribution in [2.75, 3.05) is 13.2 Å². The fraction of sp³-hybridized carbons (Fsp3) is 1.00. The molecule has 3 nitrogen and oxygen atoms in total. The van der Waals surface area contributed by atoms with E-state index in [1.807, 2.05) is 0 Å². The van der Waals surface area contributed by atoms with Crippen LogP contribution in [0.2, 0.25) is 0 Å². The molecule has 1 aliphatic carbocycles. The number of hydrogen-bond donors (Lipinski definition) is 2. The number of aliphatic hydroxyl groups excluding tert-OH is 1. The summed E-state index contributed by atoms with van der Waals surface area (Å²) in [6.45, 7) is 6.69. The van der Waals surface area contributed by atoms with Crippen LogP contribution in [0.1, 0.15) is 40.0 Å². The molecule has 0 saturated heterocycles. The molecule has 0 heterocycles. The zero-order chi connectivity index (χ0) is 10.8. The second-order valence-electron chi connectivity index (χ2n) is 5.07. The van der Waals surface area contributed by atoms with Gasteiger partial charge in [-0.15, -0.1) is 0 Å². The van der Waals surface area contributed by atoms with E-state index >= 15 is 0 Å². The van der Waals surface area contributed by atoms with Crippen LogP contribution in [0, 0.1) is 5.92 Å². The summed E-state index contributed by atoms with van der Waals surface area (Å²) in [6, 6.07) is 0. The second kappa shape index (κ2) is 4.17. The summed E-state index contributed by atoms with van der Waals surface area (Å²) in [7, 11) is 0. The molecule has 0 radical (unpaired) electrons. The van der Waals surface area contributed by atoms with Crippen LogP contribution >= 0.6 is 0 Å². The predicted octanol–water partition coefficient (Wildman–Crippen LogP) is 1.29. The van der Waals surface area contributed by atoms with Gasteiger partial charge in [-0.25, -0.2) is 0 Å². The highest BCUT2D eigenvalue weighted by molar-refractivity contribution is 4.98. The van der Waals surface area contributed by atoms with Crippen molar-refractivity contribution in [3.05, 3.63) is 0 Å². The van der Waals surface area contributed by atoms with Crippen molar-refractivity contribution in [2.24, 2.45) is 11.7 Å². The molecular formula is C11H23NO2. The van der Waals surface area contributed by atoms with Crippen LogP contribution in [0.15, 0.2) is 0 Å². The van der Waals surface area contributed by atoms with Crippen molar-refractivity contribution in [1.82, 2.24) is 0 Å². The van der Waals surface area contributed by atoms with E-state index in [-0.39, 0.29) is 12.2 Å². The lowest BCUT2D eigenvalue weighted by molar-refractivity contribution is -0.0575. The maximum Gasteiger partial charge on any atom is 0.0678 e. The molecule has 0 aromatic carbocycles. The minimum Gasteiger partial charge on any atom is -0.394 e. The molecule has 1 aliphatic rings. The van der Waals surface area contributed by atoms with Gasteiger partial charge in [0.25, 0.3) is 0 Å². The fourth-order valence-electron chi connectivity index (χ4n) is 1.38. The van der Waals surface area contributed by atoms with E-state index in [2.05, 4.69) is 20.8 Å². The molecule has 0 aromatic rings. The summed E-state index contributed by atoms with van der Waals surface area (Å²) in [5, 5.41) is 9.26. The van der Waals surface area contributed by atoms with E-state index in [4.69, 9.17) is 10.5 Å². The summed E-state index contributed by atoms with van der Waals surface area (Å²) < 4.78 is 5.75. The largest absolute Gasteiger partial charge is 0.394 e. The summed E-state index contributed by atoms with van der Waals surface area (Å²) in [5.74, 6) is 0.458. The monoisotopic (exact) mass is 201 g/mol. The molecule has 14 heavy (non-hydrogen) atoms. The molecule has 0 aromatic heterocycles. The van der Waals surface area contributed by atoms with Crippen LogP contribution in [-0.2, 0) is 4.74 Å². The Balaban J connectivity index is 2.41. The number of aliphatic hydroxyl groups is 1.